The van der Waals surface area contributed by atoms with E-state index in [-0.39, 0.29) is 12.3 Å². The van der Waals surface area contributed by atoms with E-state index in [1.54, 1.807) is 6.07 Å². The van der Waals surface area contributed by atoms with Crippen molar-refractivity contribution in [2.24, 2.45) is 0 Å². The minimum absolute atomic E-state index is 0.131. The van der Waals surface area contributed by atoms with E-state index in [1.165, 1.54) is 6.07 Å². The molecule has 56 heavy (non-hydrogen) atoms. The molecule has 0 bridgehead atoms. The van der Waals surface area contributed by atoms with Gasteiger partial charge in [0.25, 0.3) is 0 Å². The van der Waals surface area contributed by atoms with Gasteiger partial charge in [-0.3, -0.25) is 0 Å². The molecule has 5 atom stereocenters. The highest BCUT2D eigenvalue weighted by atomic mass is 35.5. The maximum atomic E-state index is 11.4. The molecule has 1 N–H and O–H groups in total. The number of nitrogens with zero attached hydrogens (tertiary/aromatic N) is 2. The fourth-order valence-corrected chi connectivity index (χ4v) is 6.91. The summed E-state index contributed by atoms with van der Waals surface area (Å²) >= 11 is 6.79. The molecule has 0 saturated carbocycles. The lowest BCUT2D eigenvalue weighted by atomic mass is 9.89. The molecule has 1 aliphatic rings. The van der Waals surface area contributed by atoms with Crippen LogP contribution in [-0.4, -0.2) is 52.3 Å². The Hall–Kier alpha value is -5.26. The average molecular weight is 771 g/mol. The minimum atomic E-state index is -1.14. The Morgan fingerprint density at radius 3 is 1.64 bits per heavy atom. The normalized spacial score (nSPS) is 19.4. The van der Waals surface area contributed by atoms with Crippen molar-refractivity contribution in [2.75, 3.05) is 6.61 Å². The Labute approximate surface area is 331 Å². The maximum Gasteiger partial charge on any atom is 0.356 e. The predicted molar refractivity (Wildman–Crippen MR) is 212 cm³/mol. The lowest BCUT2D eigenvalue weighted by Crippen LogP contribution is -2.58. The summed E-state index contributed by atoms with van der Waals surface area (Å²) in [6.07, 6.45) is -2.67. The van der Waals surface area contributed by atoms with Crippen molar-refractivity contribution in [3.05, 3.63) is 201 Å². The summed E-state index contributed by atoms with van der Waals surface area (Å²) in [4.78, 5) is 11.4. The first-order chi connectivity index (χ1) is 27.5. The summed E-state index contributed by atoms with van der Waals surface area (Å²) in [5, 5.41) is 17.9. The van der Waals surface area contributed by atoms with Crippen LogP contribution in [0.15, 0.2) is 152 Å². The molecule has 0 amide bonds. The molecule has 1 aromatic heterocycles. The predicted octanol–water partition coefficient (Wildman–Crippen LogP) is 8.83. The Morgan fingerprint density at radius 1 is 0.607 bits per heavy atom. The van der Waals surface area contributed by atoms with Crippen LogP contribution in [0.25, 0.3) is 0 Å². The molecule has 0 radical (unpaired) electrons. The fraction of sp³-hybridized carbons (Fsp3) is 0.239. The minimum Gasteiger partial charge on any atom is -0.476 e. The molecule has 0 aliphatic carbocycles. The number of hydrogen-bond donors (Lipinski definition) is 1. The van der Waals surface area contributed by atoms with Crippen LogP contribution in [0.1, 0.15) is 55.7 Å². The SMILES string of the molecule is O=C(O)c1ccc(Cc2cc([C@@H]3O[C@H](COCc4ccccc4)[C@@H](OCc4ccccc4)[C@H](OCc4ccccc4)[C@H]3OCc3ccccc3)ccc2Cl)nn1. The third kappa shape index (κ3) is 10.5. The number of carboxylic acid groups (broad SMARTS) is 1. The molecule has 286 valence electrons. The molecule has 2 heterocycles. The molecule has 5 aromatic carbocycles. The van der Waals surface area contributed by atoms with Gasteiger partial charge in [-0.25, -0.2) is 4.79 Å². The highest BCUT2D eigenvalue weighted by Crippen LogP contribution is 2.40. The van der Waals surface area contributed by atoms with Crippen LogP contribution < -0.4 is 0 Å². The number of hydrogen-bond acceptors (Lipinski definition) is 8. The zero-order valence-corrected chi connectivity index (χ0v) is 31.5. The van der Waals surface area contributed by atoms with E-state index in [4.69, 9.17) is 35.3 Å². The Balaban J connectivity index is 1.25. The van der Waals surface area contributed by atoms with Crippen molar-refractivity contribution < 1.29 is 33.6 Å². The van der Waals surface area contributed by atoms with Crippen molar-refractivity contribution in [1.29, 1.82) is 0 Å². The van der Waals surface area contributed by atoms with E-state index < -0.39 is 36.5 Å². The van der Waals surface area contributed by atoms with Crippen LogP contribution in [0.5, 0.6) is 0 Å². The highest BCUT2D eigenvalue weighted by Gasteiger charge is 2.49. The van der Waals surface area contributed by atoms with Crippen LogP contribution in [0.3, 0.4) is 0 Å². The first kappa shape index (κ1) is 39.0. The highest BCUT2D eigenvalue weighted by molar-refractivity contribution is 6.31. The van der Waals surface area contributed by atoms with Gasteiger partial charge in [0.1, 0.15) is 30.5 Å². The molecular formula is C46H43ClN2O7. The van der Waals surface area contributed by atoms with E-state index >= 15 is 0 Å². The number of halogens is 1. The van der Waals surface area contributed by atoms with Gasteiger partial charge in [-0.15, -0.1) is 5.10 Å². The van der Waals surface area contributed by atoms with Gasteiger partial charge in [0, 0.05) is 11.4 Å². The molecule has 0 unspecified atom stereocenters. The first-order valence-corrected chi connectivity index (χ1v) is 19.0. The number of aromatic carboxylic acids is 1. The second kappa shape index (κ2) is 19.6. The van der Waals surface area contributed by atoms with E-state index in [1.807, 2.05) is 140 Å². The van der Waals surface area contributed by atoms with Gasteiger partial charge >= 0.3 is 5.97 Å². The van der Waals surface area contributed by atoms with Gasteiger partial charge < -0.3 is 28.8 Å². The van der Waals surface area contributed by atoms with Crippen LogP contribution >= 0.6 is 11.6 Å². The van der Waals surface area contributed by atoms with Gasteiger partial charge in [0.05, 0.1) is 38.7 Å². The van der Waals surface area contributed by atoms with Gasteiger partial charge in [0.15, 0.2) is 5.69 Å². The van der Waals surface area contributed by atoms with Crippen molar-refractivity contribution in [1.82, 2.24) is 10.2 Å². The number of carbonyl (C=O) groups is 1. The molecule has 7 rings (SSSR count). The lowest BCUT2D eigenvalue weighted by molar-refractivity contribution is -0.275. The van der Waals surface area contributed by atoms with Gasteiger partial charge in [-0.2, -0.15) is 5.10 Å². The molecule has 1 aliphatic heterocycles. The molecule has 6 aromatic rings. The van der Waals surface area contributed by atoms with Gasteiger partial charge in [-0.1, -0.05) is 145 Å². The van der Waals surface area contributed by atoms with Crippen LogP contribution in [0.4, 0.5) is 0 Å². The second-order valence-corrected chi connectivity index (χ2v) is 14.0. The Kier molecular flexibility index (Phi) is 13.6. The third-order valence-electron chi connectivity index (χ3n) is 9.59. The zero-order valence-electron chi connectivity index (χ0n) is 30.7. The number of ether oxygens (including phenoxy) is 5. The summed E-state index contributed by atoms with van der Waals surface area (Å²) in [6.45, 7) is 1.59. The van der Waals surface area contributed by atoms with Crippen molar-refractivity contribution in [3.8, 4) is 0 Å². The summed E-state index contributed by atoms with van der Waals surface area (Å²) in [5.41, 5.74) is 6.11. The summed E-state index contributed by atoms with van der Waals surface area (Å²) in [5.74, 6) is -1.14. The van der Waals surface area contributed by atoms with Crippen molar-refractivity contribution in [2.45, 2.75) is 63.4 Å². The molecule has 1 saturated heterocycles. The number of benzene rings is 5. The molecule has 10 heteroatoms. The second-order valence-electron chi connectivity index (χ2n) is 13.6. The molecule has 1 fully saturated rings. The van der Waals surface area contributed by atoms with E-state index in [2.05, 4.69) is 10.2 Å². The Morgan fingerprint density at radius 2 is 1.12 bits per heavy atom. The zero-order chi connectivity index (χ0) is 38.5. The van der Waals surface area contributed by atoms with E-state index in [0.29, 0.717) is 43.6 Å². The van der Waals surface area contributed by atoms with Crippen molar-refractivity contribution in [3.63, 3.8) is 0 Å². The number of rotatable bonds is 17. The van der Waals surface area contributed by atoms with E-state index in [9.17, 15) is 9.90 Å². The smallest absolute Gasteiger partial charge is 0.356 e. The Bertz CT molecular complexity index is 2110. The third-order valence-corrected chi connectivity index (χ3v) is 9.96. The van der Waals surface area contributed by atoms with Gasteiger partial charge in [-0.05, 0) is 51.6 Å². The summed E-state index contributed by atoms with van der Waals surface area (Å²) < 4.78 is 34.1. The first-order valence-electron chi connectivity index (χ1n) is 18.6. The van der Waals surface area contributed by atoms with Crippen molar-refractivity contribution >= 4 is 17.6 Å². The average Bonchev–Trinajstić information content (AvgIpc) is 3.24. The standard InChI is InChI=1S/C46H43ClN2O7/c47-39-23-21-36(25-37(39)26-38-22-24-40(46(50)51)49-48-38)42-44(54-29-34-17-9-3-10-18-34)45(55-30-35-19-11-4-12-20-35)43(53-28-33-15-7-2-8-16-33)41(56-42)31-52-27-32-13-5-1-6-14-32/h1-25,41-45H,26-31H2,(H,50,51)/t41-,42+,43-,44+,45+/m1/s1. The monoisotopic (exact) mass is 770 g/mol. The molecule has 0 spiro atoms. The number of aromatic nitrogens is 2. The largest absolute Gasteiger partial charge is 0.476 e. The fourth-order valence-electron chi connectivity index (χ4n) is 6.73. The van der Waals surface area contributed by atoms with Crippen LogP contribution in [0, 0.1) is 0 Å². The van der Waals surface area contributed by atoms with Crippen LogP contribution in [0.2, 0.25) is 5.02 Å². The molecule has 9 nitrogen and oxygen atoms in total. The topological polar surface area (TPSA) is 109 Å². The maximum absolute atomic E-state index is 11.4. The summed E-state index contributed by atoms with van der Waals surface area (Å²) in [7, 11) is 0. The summed E-state index contributed by atoms with van der Waals surface area (Å²) in [6, 6.07) is 48.9. The van der Waals surface area contributed by atoms with Gasteiger partial charge in [0.2, 0.25) is 0 Å². The molecular weight excluding hydrogens is 728 g/mol. The van der Waals surface area contributed by atoms with E-state index in [0.717, 1.165) is 33.4 Å². The lowest BCUT2D eigenvalue weighted by Gasteiger charge is -2.46. The number of carboxylic acids is 1. The van der Waals surface area contributed by atoms with Crippen LogP contribution in [-0.2, 0) is 56.5 Å². The quantitative estimate of drug-likeness (QED) is 0.0973.